The summed E-state index contributed by atoms with van der Waals surface area (Å²) in [4.78, 5) is 14.6. The molecule has 0 radical (unpaired) electrons. The Bertz CT molecular complexity index is 1120. The fourth-order valence-electron chi connectivity index (χ4n) is 2.87. The van der Waals surface area contributed by atoms with Crippen molar-refractivity contribution in [1.29, 1.82) is 0 Å². The summed E-state index contributed by atoms with van der Waals surface area (Å²) >= 11 is 0. The van der Waals surface area contributed by atoms with Gasteiger partial charge in [0.1, 0.15) is 0 Å². The lowest BCUT2D eigenvalue weighted by atomic mass is 10.2. The molecular formula is C18H23N9O5. The van der Waals surface area contributed by atoms with Gasteiger partial charge in [-0.3, -0.25) is 4.79 Å². The van der Waals surface area contributed by atoms with E-state index in [2.05, 4.69) is 35.8 Å². The van der Waals surface area contributed by atoms with Crippen molar-refractivity contribution >= 4 is 17.9 Å². The SMILES string of the molecule is COc1ccc(C=NNC(=O)c2nnn(-c3nonc3N)c2CN(C)C)c(OC)c1OC. The zero-order chi connectivity index (χ0) is 23.3. The van der Waals surface area contributed by atoms with Gasteiger partial charge in [-0.15, -0.1) is 5.10 Å². The van der Waals surface area contributed by atoms with Crippen molar-refractivity contribution in [2.45, 2.75) is 6.54 Å². The molecule has 0 unspecified atom stereocenters. The Hall–Kier alpha value is -4.20. The molecule has 14 heteroatoms. The van der Waals surface area contributed by atoms with Crippen LogP contribution in [0.5, 0.6) is 17.2 Å². The number of anilines is 1. The van der Waals surface area contributed by atoms with Gasteiger partial charge < -0.3 is 24.8 Å². The standard InChI is InChI=1S/C18H23N9O5/c1-26(2)9-11-13(21-25-27(11)17-16(19)23-32-24-17)18(28)22-20-8-10-6-7-12(29-3)15(31-5)14(10)30-4/h6-8H,9H2,1-5H3,(H2,19,23)(H,22,28). The molecular weight excluding hydrogens is 422 g/mol. The summed E-state index contributed by atoms with van der Waals surface area (Å²) in [5, 5.41) is 19.2. The number of ether oxygens (including phenoxy) is 3. The molecule has 0 aliphatic carbocycles. The molecule has 0 atom stereocenters. The molecule has 0 bridgehead atoms. The molecule has 1 aromatic carbocycles. The molecule has 0 aliphatic rings. The lowest BCUT2D eigenvalue weighted by Gasteiger charge is -2.13. The van der Waals surface area contributed by atoms with Gasteiger partial charge >= 0.3 is 0 Å². The molecule has 32 heavy (non-hydrogen) atoms. The van der Waals surface area contributed by atoms with Crippen LogP contribution in [0.25, 0.3) is 5.82 Å². The Morgan fingerprint density at radius 1 is 1.22 bits per heavy atom. The number of aromatic nitrogens is 5. The summed E-state index contributed by atoms with van der Waals surface area (Å²) in [7, 11) is 8.15. The van der Waals surface area contributed by atoms with Crippen LogP contribution in [-0.2, 0) is 6.54 Å². The highest BCUT2D eigenvalue weighted by atomic mass is 16.6. The van der Waals surface area contributed by atoms with E-state index in [0.29, 0.717) is 35.1 Å². The second-order valence-electron chi connectivity index (χ2n) is 6.63. The van der Waals surface area contributed by atoms with Crippen LogP contribution in [0, 0.1) is 0 Å². The van der Waals surface area contributed by atoms with Crippen molar-refractivity contribution in [2.24, 2.45) is 5.10 Å². The van der Waals surface area contributed by atoms with Gasteiger partial charge in [0, 0.05) is 12.1 Å². The number of methoxy groups -OCH3 is 3. The summed E-state index contributed by atoms with van der Waals surface area (Å²) in [5.74, 6) is 0.863. The van der Waals surface area contributed by atoms with Gasteiger partial charge in [-0.2, -0.15) is 9.78 Å². The number of benzene rings is 1. The van der Waals surface area contributed by atoms with E-state index in [1.165, 1.54) is 32.2 Å². The topological polar surface area (TPSA) is 168 Å². The van der Waals surface area contributed by atoms with E-state index in [1.54, 1.807) is 12.1 Å². The monoisotopic (exact) mass is 445 g/mol. The lowest BCUT2D eigenvalue weighted by molar-refractivity contribution is 0.0948. The molecule has 3 aromatic rings. The molecule has 2 heterocycles. The Labute approximate surface area is 182 Å². The molecule has 0 fully saturated rings. The number of carbonyl (C=O) groups is 1. The second kappa shape index (κ2) is 9.74. The maximum atomic E-state index is 12.8. The number of hydrazone groups is 1. The zero-order valence-corrected chi connectivity index (χ0v) is 18.2. The van der Waals surface area contributed by atoms with E-state index in [1.807, 2.05) is 19.0 Å². The first-order valence-corrected chi connectivity index (χ1v) is 9.21. The average Bonchev–Trinajstić information content (AvgIpc) is 3.38. The predicted molar refractivity (Wildman–Crippen MR) is 112 cm³/mol. The van der Waals surface area contributed by atoms with Crippen molar-refractivity contribution in [3.63, 3.8) is 0 Å². The van der Waals surface area contributed by atoms with Crippen molar-refractivity contribution in [1.82, 2.24) is 35.6 Å². The van der Waals surface area contributed by atoms with Crippen molar-refractivity contribution in [3.8, 4) is 23.1 Å². The second-order valence-corrected chi connectivity index (χ2v) is 6.63. The number of nitrogen functional groups attached to an aromatic ring is 1. The largest absolute Gasteiger partial charge is 0.493 e. The Morgan fingerprint density at radius 3 is 2.56 bits per heavy atom. The predicted octanol–water partition coefficient (Wildman–Crippen LogP) is 0.0838. The molecule has 0 saturated heterocycles. The van der Waals surface area contributed by atoms with Gasteiger partial charge in [-0.05, 0) is 36.5 Å². The molecule has 3 rings (SSSR count). The molecule has 0 aliphatic heterocycles. The van der Waals surface area contributed by atoms with Crippen LogP contribution in [0.1, 0.15) is 21.7 Å². The number of hydrogen-bond donors (Lipinski definition) is 2. The van der Waals surface area contributed by atoms with E-state index in [9.17, 15) is 4.79 Å². The first-order valence-electron chi connectivity index (χ1n) is 9.21. The van der Waals surface area contributed by atoms with Gasteiger partial charge in [0.25, 0.3) is 5.91 Å². The molecule has 2 aromatic heterocycles. The smallest absolute Gasteiger partial charge is 0.293 e. The maximum Gasteiger partial charge on any atom is 0.293 e. The molecule has 0 saturated carbocycles. The fourth-order valence-corrected chi connectivity index (χ4v) is 2.87. The van der Waals surface area contributed by atoms with E-state index in [0.717, 1.165) is 0 Å². The van der Waals surface area contributed by atoms with Crippen LogP contribution in [0.2, 0.25) is 0 Å². The van der Waals surface area contributed by atoms with E-state index < -0.39 is 5.91 Å². The molecule has 1 amide bonds. The van der Waals surface area contributed by atoms with Crippen LogP contribution in [0.3, 0.4) is 0 Å². The number of amides is 1. The van der Waals surface area contributed by atoms with E-state index in [-0.39, 0.29) is 17.3 Å². The normalized spacial score (nSPS) is 11.2. The minimum atomic E-state index is -0.584. The van der Waals surface area contributed by atoms with Gasteiger partial charge in [0.2, 0.25) is 17.4 Å². The quantitative estimate of drug-likeness (QED) is 0.338. The number of rotatable bonds is 9. The highest BCUT2D eigenvalue weighted by Gasteiger charge is 2.24. The maximum absolute atomic E-state index is 12.8. The third kappa shape index (κ3) is 4.44. The summed E-state index contributed by atoms with van der Waals surface area (Å²) < 4.78 is 21.9. The minimum absolute atomic E-state index is 0.0143. The van der Waals surface area contributed by atoms with Crippen molar-refractivity contribution in [2.75, 3.05) is 41.2 Å². The highest BCUT2D eigenvalue weighted by molar-refractivity contribution is 5.94. The van der Waals surface area contributed by atoms with Gasteiger partial charge in [-0.1, -0.05) is 5.21 Å². The highest BCUT2D eigenvalue weighted by Crippen LogP contribution is 2.38. The van der Waals surface area contributed by atoms with Crippen LogP contribution in [0.4, 0.5) is 5.82 Å². The van der Waals surface area contributed by atoms with Gasteiger partial charge in [0.05, 0.1) is 33.2 Å². The zero-order valence-electron chi connectivity index (χ0n) is 18.2. The summed E-state index contributed by atoms with van der Waals surface area (Å²) in [6.07, 6.45) is 1.41. The molecule has 170 valence electrons. The number of nitrogens with one attached hydrogen (secondary N) is 1. The van der Waals surface area contributed by atoms with Crippen LogP contribution in [-0.4, -0.2) is 77.8 Å². The minimum Gasteiger partial charge on any atom is -0.493 e. The van der Waals surface area contributed by atoms with E-state index >= 15 is 0 Å². The van der Waals surface area contributed by atoms with Crippen LogP contribution < -0.4 is 25.4 Å². The number of hydrogen-bond acceptors (Lipinski definition) is 12. The Morgan fingerprint density at radius 2 is 1.97 bits per heavy atom. The Balaban J connectivity index is 1.86. The van der Waals surface area contributed by atoms with Crippen molar-refractivity contribution < 1.29 is 23.6 Å². The number of carbonyl (C=O) groups excluding carboxylic acids is 1. The van der Waals surface area contributed by atoms with Crippen LogP contribution >= 0.6 is 0 Å². The molecule has 0 spiro atoms. The van der Waals surface area contributed by atoms with Gasteiger partial charge in [0.15, 0.2) is 17.2 Å². The third-order valence-electron chi connectivity index (χ3n) is 4.24. The van der Waals surface area contributed by atoms with Crippen molar-refractivity contribution in [3.05, 3.63) is 29.1 Å². The summed E-state index contributed by atoms with van der Waals surface area (Å²) in [6, 6.07) is 3.41. The number of nitrogens with two attached hydrogens (primary N) is 1. The molecule has 3 N–H and O–H groups in total. The van der Waals surface area contributed by atoms with Gasteiger partial charge in [-0.25, -0.2) is 10.1 Å². The first kappa shape index (κ1) is 22.5. The van der Waals surface area contributed by atoms with E-state index in [4.69, 9.17) is 19.9 Å². The first-order chi connectivity index (χ1) is 15.4. The number of nitrogens with zero attached hydrogens (tertiary/aromatic N) is 7. The average molecular weight is 445 g/mol. The summed E-state index contributed by atoms with van der Waals surface area (Å²) in [5.41, 5.74) is 9.20. The van der Waals surface area contributed by atoms with Crippen LogP contribution in [0.15, 0.2) is 21.9 Å². The summed E-state index contributed by atoms with van der Waals surface area (Å²) in [6.45, 7) is 0.315. The lowest BCUT2D eigenvalue weighted by Crippen LogP contribution is -2.23. The molecule has 14 nitrogen and oxygen atoms in total. The Kier molecular flexibility index (Phi) is 6.84. The fraction of sp³-hybridized carbons (Fsp3) is 0.333. The third-order valence-corrected chi connectivity index (χ3v) is 4.24.